The van der Waals surface area contributed by atoms with E-state index in [9.17, 15) is 4.79 Å². The molecule has 1 unspecified atom stereocenters. The number of carbonyl (C=O) groups excluding carboxylic acids is 1. The van der Waals surface area contributed by atoms with Crippen LogP contribution in [0.5, 0.6) is 5.75 Å². The topological polar surface area (TPSA) is 50.1 Å². The standard InChI is InChI=1S/C24H28N4O2/c1-18-5-4-13-27-15-20(25-23(18)27)17-30-22-8-6-19(7-9-22)24(29)28-14-10-21(16-28)26-11-2-3-12-26/h4-9,13,15,21H,2-3,10-12,14,16-17H2,1H3. The molecule has 2 aliphatic heterocycles. The lowest BCUT2D eigenvalue weighted by atomic mass is 10.2. The molecule has 0 N–H and O–H groups in total. The van der Waals surface area contributed by atoms with Gasteiger partial charge in [0.15, 0.2) is 0 Å². The Bertz CT molecular complexity index is 1040. The first-order chi connectivity index (χ1) is 14.7. The van der Waals surface area contributed by atoms with E-state index in [4.69, 9.17) is 4.74 Å². The fraction of sp³-hybridized carbons (Fsp3) is 0.417. The number of fused-ring (bicyclic) bond motifs is 1. The summed E-state index contributed by atoms with van der Waals surface area (Å²) in [4.78, 5) is 22.1. The van der Waals surface area contributed by atoms with E-state index in [2.05, 4.69) is 22.9 Å². The van der Waals surface area contributed by atoms with Gasteiger partial charge in [0.25, 0.3) is 5.91 Å². The smallest absolute Gasteiger partial charge is 0.253 e. The zero-order valence-electron chi connectivity index (χ0n) is 17.5. The molecule has 5 rings (SSSR count). The maximum Gasteiger partial charge on any atom is 0.253 e. The van der Waals surface area contributed by atoms with Crippen molar-refractivity contribution in [3.63, 3.8) is 0 Å². The second-order valence-corrected chi connectivity index (χ2v) is 8.40. The molecule has 1 aromatic carbocycles. The Morgan fingerprint density at radius 1 is 1.13 bits per heavy atom. The van der Waals surface area contributed by atoms with Crippen LogP contribution in [-0.2, 0) is 6.61 Å². The van der Waals surface area contributed by atoms with Crippen molar-refractivity contribution in [1.29, 1.82) is 0 Å². The van der Waals surface area contributed by atoms with Crippen molar-refractivity contribution >= 4 is 11.6 Å². The number of rotatable bonds is 5. The minimum absolute atomic E-state index is 0.124. The van der Waals surface area contributed by atoms with Gasteiger partial charge in [-0.05, 0) is 75.2 Å². The van der Waals surface area contributed by atoms with E-state index < -0.39 is 0 Å². The number of hydrogen-bond acceptors (Lipinski definition) is 4. The van der Waals surface area contributed by atoms with Crippen LogP contribution in [0.2, 0.25) is 0 Å². The third kappa shape index (κ3) is 3.79. The lowest BCUT2D eigenvalue weighted by Crippen LogP contribution is -2.37. The third-order valence-corrected chi connectivity index (χ3v) is 6.32. The van der Waals surface area contributed by atoms with Crippen LogP contribution < -0.4 is 4.74 Å². The number of carbonyl (C=O) groups is 1. The number of likely N-dealkylation sites (tertiary alicyclic amines) is 2. The number of pyridine rings is 1. The van der Waals surface area contributed by atoms with Crippen molar-refractivity contribution in [3.05, 3.63) is 65.6 Å². The van der Waals surface area contributed by atoms with Gasteiger partial charge in [0, 0.05) is 37.1 Å². The number of aryl methyl sites for hydroxylation is 1. The van der Waals surface area contributed by atoms with E-state index >= 15 is 0 Å². The lowest BCUT2D eigenvalue weighted by Gasteiger charge is -2.23. The van der Waals surface area contributed by atoms with Gasteiger partial charge in [0.2, 0.25) is 0 Å². The number of ether oxygens (including phenoxy) is 1. The molecule has 4 heterocycles. The molecule has 2 fully saturated rings. The zero-order valence-corrected chi connectivity index (χ0v) is 17.5. The summed E-state index contributed by atoms with van der Waals surface area (Å²) in [5, 5.41) is 0. The van der Waals surface area contributed by atoms with Crippen LogP contribution in [0.1, 0.15) is 40.9 Å². The largest absolute Gasteiger partial charge is 0.487 e. The van der Waals surface area contributed by atoms with Crippen molar-refractivity contribution in [3.8, 4) is 5.75 Å². The third-order valence-electron chi connectivity index (χ3n) is 6.32. The highest BCUT2D eigenvalue weighted by atomic mass is 16.5. The first-order valence-electron chi connectivity index (χ1n) is 10.9. The molecular weight excluding hydrogens is 376 g/mol. The molecule has 6 nitrogen and oxygen atoms in total. The highest BCUT2D eigenvalue weighted by Gasteiger charge is 2.31. The van der Waals surface area contributed by atoms with Crippen LogP contribution in [-0.4, -0.2) is 57.3 Å². The molecule has 3 aromatic rings. The van der Waals surface area contributed by atoms with Gasteiger partial charge >= 0.3 is 0 Å². The average Bonchev–Trinajstić information content (AvgIpc) is 3.52. The number of benzene rings is 1. The van der Waals surface area contributed by atoms with Crippen molar-refractivity contribution < 1.29 is 9.53 Å². The van der Waals surface area contributed by atoms with Crippen LogP contribution in [0, 0.1) is 6.92 Å². The van der Waals surface area contributed by atoms with E-state index in [-0.39, 0.29) is 5.91 Å². The van der Waals surface area contributed by atoms with Gasteiger partial charge in [-0.3, -0.25) is 9.69 Å². The minimum atomic E-state index is 0.124. The zero-order chi connectivity index (χ0) is 20.5. The Morgan fingerprint density at radius 3 is 2.70 bits per heavy atom. The second-order valence-electron chi connectivity index (χ2n) is 8.40. The Kier molecular flexibility index (Phi) is 5.17. The SMILES string of the molecule is Cc1cccn2cc(COc3ccc(C(=O)N4CCC(N5CCCC5)C4)cc3)nc12. The molecule has 0 bridgehead atoms. The second kappa shape index (κ2) is 8.11. The fourth-order valence-corrected chi connectivity index (χ4v) is 4.64. The van der Waals surface area contributed by atoms with E-state index in [0.717, 1.165) is 47.7 Å². The van der Waals surface area contributed by atoms with Gasteiger partial charge in [0.1, 0.15) is 18.0 Å². The molecule has 0 aliphatic carbocycles. The maximum absolute atomic E-state index is 12.9. The number of hydrogen-bond donors (Lipinski definition) is 0. The summed E-state index contributed by atoms with van der Waals surface area (Å²) < 4.78 is 7.91. The van der Waals surface area contributed by atoms with Gasteiger partial charge in [-0.2, -0.15) is 0 Å². The molecule has 0 saturated carbocycles. The average molecular weight is 405 g/mol. The predicted molar refractivity (Wildman–Crippen MR) is 116 cm³/mol. The summed E-state index contributed by atoms with van der Waals surface area (Å²) in [5.41, 5.74) is 3.71. The Labute approximate surface area is 177 Å². The lowest BCUT2D eigenvalue weighted by molar-refractivity contribution is 0.0780. The van der Waals surface area contributed by atoms with Crippen molar-refractivity contribution in [2.45, 2.75) is 38.8 Å². The molecule has 2 aromatic heterocycles. The normalized spacial score (nSPS) is 19.6. The van der Waals surface area contributed by atoms with Gasteiger partial charge in [-0.1, -0.05) is 6.07 Å². The summed E-state index contributed by atoms with van der Waals surface area (Å²) in [5.74, 6) is 0.871. The molecule has 6 heteroatoms. The fourth-order valence-electron chi connectivity index (χ4n) is 4.64. The molecule has 2 saturated heterocycles. The number of imidazole rings is 1. The molecule has 0 radical (unpaired) electrons. The summed E-state index contributed by atoms with van der Waals surface area (Å²) in [6.45, 7) is 6.53. The molecule has 0 spiro atoms. The maximum atomic E-state index is 12.9. The van der Waals surface area contributed by atoms with Crippen LogP contribution in [0.3, 0.4) is 0 Å². The minimum Gasteiger partial charge on any atom is -0.487 e. The molecule has 30 heavy (non-hydrogen) atoms. The number of nitrogens with zero attached hydrogens (tertiary/aromatic N) is 4. The van der Waals surface area contributed by atoms with Crippen LogP contribution in [0.25, 0.3) is 5.65 Å². The van der Waals surface area contributed by atoms with Gasteiger partial charge in [-0.25, -0.2) is 4.98 Å². The predicted octanol–water partition coefficient (Wildman–Crippen LogP) is 3.53. The quantitative estimate of drug-likeness (QED) is 0.653. The highest BCUT2D eigenvalue weighted by Crippen LogP contribution is 2.23. The molecule has 2 aliphatic rings. The van der Waals surface area contributed by atoms with Gasteiger partial charge in [0.05, 0.1) is 5.69 Å². The van der Waals surface area contributed by atoms with Gasteiger partial charge in [-0.15, -0.1) is 0 Å². The summed E-state index contributed by atoms with van der Waals surface area (Å²) in [7, 11) is 0. The molecule has 1 atom stereocenters. The monoisotopic (exact) mass is 404 g/mol. The molecule has 156 valence electrons. The Hall–Kier alpha value is -2.86. The number of aromatic nitrogens is 2. The van der Waals surface area contributed by atoms with Crippen LogP contribution in [0.15, 0.2) is 48.8 Å². The Balaban J connectivity index is 1.19. The first kappa shape index (κ1) is 19.1. The van der Waals surface area contributed by atoms with E-state index in [1.807, 2.05) is 52.0 Å². The van der Waals surface area contributed by atoms with E-state index in [0.29, 0.717) is 12.6 Å². The van der Waals surface area contributed by atoms with Crippen molar-refractivity contribution in [1.82, 2.24) is 19.2 Å². The molecular formula is C24H28N4O2. The number of amides is 1. The molecule has 1 amide bonds. The van der Waals surface area contributed by atoms with Crippen molar-refractivity contribution in [2.24, 2.45) is 0 Å². The highest BCUT2D eigenvalue weighted by molar-refractivity contribution is 5.94. The van der Waals surface area contributed by atoms with E-state index in [1.165, 1.54) is 25.9 Å². The summed E-state index contributed by atoms with van der Waals surface area (Å²) in [6, 6.07) is 12.1. The first-order valence-corrected chi connectivity index (χ1v) is 10.9. The van der Waals surface area contributed by atoms with Crippen LogP contribution >= 0.6 is 0 Å². The van der Waals surface area contributed by atoms with E-state index in [1.54, 1.807) is 0 Å². The summed E-state index contributed by atoms with van der Waals surface area (Å²) >= 11 is 0. The summed E-state index contributed by atoms with van der Waals surface area (Å²) in [6.07, 6.45) is 7.66. The Morgan fingerprint density at radius 2 is 1.93 bits per heavy atom. The van der Waals surface area contributed by atoms with Gasteiger partial charge < -0.3 is 14.0 Å². The van der Waals surface area contributed by atoms with Crippen LogP contribution in [0.4, 0.5) is 0 Å². The van der Waals surface area contributed by atoms with Crippen molar-refractivity contribution in [2.75, 3.05) is 26.2 Å².